The lowest BCUT2D eigenvalue weighted by molar-refractivity contribution is -0.116. The molecule has 0 saturated heterocycles. The van der Waals surface area contributed by atoms with Gasteiger partial charge in [0.2, 0.25) is 11.9 Å². The highest BCUT2D eigenvalue weighted by Crippen LogP contribution is 2.26. The number of amides is 2. The van der Waals surface area contributed by atoms with Gasteiger partial charge < -0.3 is 4.90 Å². The maximum atomic E-state index is 14.2. The Balaban J connectivity index is 1.63. The molecule has 0 aliphatic carbocycles. The summed E-state index contributed by atoms with van der Waals surface area (Å²) in [6, 6.07) is 19.8. The van der Waals surface area contributed by atoms with Gasteiger partial charge in [-0.2, -0.15) is 0 Å². The van der Waals surface area contributed by atoms with Gasteiger partial charge in [0, 0.05) is 34.0 Å². The molecule has 0 bridgehead atoms. The van der Waals surface area contributed by atoms with E-state index in [-0.39, 0.29) is 24.6 Å². The molecule has 1 aromatic heterocycles. The van der Waals surface area contributed by atoms with Crippen molar-refractivity contribution in [2.75, 3.05) is 18.4 Å². The van der Waals surface area contributed by atoms with Gasteiger partial charge in [-0.3, -0.25) is 19.5 Å². The number of halogens is 3. The summed E-state index contributed by atoms with van der Waals surface area (Å²) in [5.74, 6) is -1.58. The first-order chi connectivity index (χ1) is 17.4. The first-order valence-corrected chi connectivity index (χ1v) is 11.7. The maximum Gasteiger partial charge on any atom is 0.257 e. The lowest BCUT2D eigenvalue weighted by Crippen LogP contribution is -2.38. The van der Waals surface area contributed by atoms with Gasteiger partial charge in [-0.15, -0.1) is 6.58 Å². The van der Waals surface area contributed by atoms with E-state index < -0.39 is 17.6 Å². The van der Waals surface area contributed by atoms with E-state index in [0.29, 0.717) is 21.4 Å². The van der Waals surface area contributed by atoms with Gasteiger partial charge in [-0.1, -0.05) is 59.6 Å². The predicted molar refractivity (Wildman–Crippen MR) is 140 cm³/mol. The summed E-state index contributed by atoms with van der Waals surface area (Å²) in [6.07, 6.45) is 3.23. The van der Waals surface area contributed by atoms with E-state index in [0.717, 1.165) is 5.56 Å². The van der Waals surface area contributed by atoms with E-state index in [4.69, 9.17) is 23.2 Å². The van der Waals surface area contributed by atoms with Crippen LogP contribution < -0.4 is 5.32 Å². The van der Waals surface area contributed by atoms with E-state index in [1.165, 1.54) is 29.2 Å². The van der Waals surface area contributed by atoms with Gasteiger partial charge >= 0.3 is 0 Å². The van der Waals surface area contributed by atoms with Crippen molar-refractivity contribution in [3.63, 3.8) is 0 Å². The lowest BCUT2D eigenvalue weighted by atomic mass is 10.2. The molecule has 2 amide bonds. The van der Waals surface area contributed by atoms with E-state index in [2.05, 4.69) is 16.9 Å². The highest BCUT2D eigenvalue weighted by Gasteiger charge is 2.22. The molecule has 0 spiro atoms. The van der Waals surface area contributed by atoms with Crippen LogP contribution in [0, 0.1) is 5.82 Å². The van der Waals surface area contributed by atoms with E-state index in [1.54, 1.807) is 47.2 Å². The summed E-state index contributed by atoms with van der Waals surface area (Å²) < 4.78 is 15.9. The molecule has 36 heavy (non-hydrogen) atoms. The van der Waals surface area contributed by atoms with Crippen molar-refractivity contribution in [1.82, 2.24) is 14.5 Å². The Hall–Kier alpha value is -3.94. The second-order valence-corrected chi connectivity index (χ2v) is 8.68. The monoisotopic (exact) mass is 522 g/mol. The molecule has 0 atom stereocenters. The molecule has 182 valence electrons. The quantitative estimate of drug-likeness (QED) is 0.278. The molecule has 4 aromatic rings. The van der Waals surface area contributed by atoms with Crippen LogP contribution in [0.25, 0.3) is 16.9 Å². The number of hydrogen-bond acceptors (Lipinski definition) is 3. The van der Waals surface area contributed by atoms with Gasteiger partial charge in [-0.25, -0.2) is 9.37 Å². The highest BCUT2D eigenvalue weighted by molar-refractivity contribution is 6.31. The van der Waals surface area contributed by atoms with Crippen LogP contribution in [-0.4, -0.2) is 39.4 Å². The van der Waals surface area contributed by atoms with E-state index >= 15 is 0 Å². The van der Waals surface area contributed by atoms with Crippen LogP contribution >= 0.6 is 23.2 Å². The second kappa shape index (κ2) is 11.2. The Morgan fingerprint density at radius 2 is 1.78 bits per heavy atom. The molecular formula is C27H21Cl2FN4O2. The zero-order valence-corrected chi connectivity index (χ0v) is 20.5. The zero-order valence-electron chi connectivity index (χ0n) is 19.0. The minimum atomic E-state index is -0.666. The molecule has 6 nitrogen and oxygen atoms in total. The topological polar surface area (TPSA) is 67.2 Å². The van der Waals surface area contributed by atoms with Gasteiger partial charge in [0.25, 0.3) is 5.91 Å². The summed E-state index contributed by atoms with van der Waals surface area (Å²) >= 11 is 12.2. The number of anilines is 1. The second-order valence-electron chi connectivity index (χ2n) is 7.81. The minimum absolute atomic E-state index is 0.0549. The van der Waals surface area contributed by atoms with Crippen molar-refractivity contribution in [2.45, 2.75) is 0 Å². The van der Waals surface area contributed by atoms with Crippen LogP contribution in [0.3, 0.4) is 0 Å². The van der Waals surface area contributed by atoms with Crippen LogP contribution in [0.5, 0.6) is 0 Å². The van der Waals surface area contributed by atoms with Crippen LogP contribution in [0.15, 0.2) is 91.6 Å². The van der Waals surface area contributed by atoms with Crippen molar-refractivity contribution in [3.05, 3.63) is 113 Å². The third kappa shape index (κ3) is 5.82. The summed E-state index contributed by atoms with van der Waals surface area (Å²) in [7, 11) is 0. The number of benzene rings is 3. The van der Waals surface area contributed by atoms with Gasteiger partial charge in [0.15, 0.2) is 0 Å². The number of nitrogens with zero attached hydrogens (tertiary/aromatic N) is 3. The summed E-state index contributed by atoms with van der Waals surface area (Å²) in [6.45, 7) is 3.36. The van der Waals surface area contributed by atoms with Crippen LogP contribution in [0.1, 0.15) is 10.4 Å². The van der Waals surface area contributed by atoms with Crippen molar-refractivity contribution in [2.24, 2.45) is 0 Å². The average molecular weight is 523 g/mol. The van der Waals surface area contributed by atoms with Crippen molar-refractivity contribution < 1.29 is 14.0 Å². The smallest absolute Gasteiger partial charge is 0.257 e. The molecule has 0 unspecified atom stereocenters. The number of nitrogens with one attached hydrogen (secondary N) is 1. The molecule has 1 heterocycles. The number of hydrogen-bond donors (Lipinski definition) is 1. The molecule has 0 radical (unpaired) electrons. The molecule has 4 rings (SSSR count). The van der Waals surface area contributed by atoms with Crippen molar-refractivity contribution in [1.29, 1.82) is 0 Å². The Kier molecular flexibility index (Phi) is 7.83. The fourth-order valence-electron chi connectivity index (χ4n) is 3.57. The van der Waals surface area contributed by atoms with Gasteiger partial charge in [0.05, 0.1) is 11.3 Å². The molecule has 9 heteroatoms. The minimum Gasteiger partial charge on any atom is -0.326 e. The van der Waals surface area contributed by atoms with Crippen molar-refractivity contribution in [3.8, 4) is 16.9 Å². The third-order valence-electron chi connectivity index (χ3n) is 5.26. The molecule has 0 fully saturated rings. The van der Waals surface area contributed by atoms with Gasteiger partial charge in [0.1, 0.15) is 12.4 Å². The first kappa shape index (κ1) is 25.2. The van der Waals surface area contributed by atoms with Crippen LogP contribution in [-0.2, 0) is 4.79 Å². The molecule has 0 aliphatic rings. The average Bonchev–Trinajstić information content (AvgIpc) is 3.27. The molecule has 0 saturated carbocycles. The molecule has 0 aliphatic heterocycles. The zero-order chi connectivity index (χ0) is 25.7. The number of aromatic nitrogens is 2. The third-order valence-corrected chi connectivity index (χ3v) is 5.75. The molecular weight excluding hydrogens is 502 g/mol. The lowest BCUT2D eigenvalue weighted by Gasteiger charge is -2.21. The Morgan fingerprint density at radius 1 is 1.03 bits per heavy atom. The summed E-state index contributed by atoms with van der Waals surface area (Å²) in [4.78, 5) is 31.7. The predicted octanol–water partition coefficient (Wildman–Crippen LogP) is 6.25. The van der Waals surface area contributed by atoms with Crippen molar-refractivity contribution >= 4 is 41.0 Å². The summed E-state index contributed by atoms with van der Waals surface area (Å²) in [5, 5.41) is 3.86. The first-order valence-electron chi connectivity index (χ1n) is 10.9. The fourth-order valence-corrected chi connectivity index (χ4v) is 3.88. The maximum absolute atomic E-state index is 14.2. The number of imidazole rings is 1. The Morgan fingerprint density at radius 3 is 2.47 bits per heavy atom. The largest absolute Gasteiger partial charge is 0.326 e. The Labute approximate surface area is 217 Å². The van der Waals surface area contributed by atoms with Gasteiger partial charge in [-0.05, 0) is 42.5 Å². The Bertz CT molecular complexity index is 1420. The molecule has 1 N–H and O–H groups in total. The number of carbonyl (C=O) groups is 2. The standard InChI is InChI=1S/C27H21Cl2FN4O2/c1-2-14-33(26(36)22-8-3-4-9-23(22)30)17-25(35)32-27-31-24(18-10-12-19(28)13-11-18)16-34(27)21-7-5-6-20(29)15-21/h2-13,15-16H,1,14,17H2,(H,31,32,35). The number of carbonyl (C=O) groups excluding carboxylic acids is 2. The van der Waals surface area contributed by atoms with Crippen LogP contribution in [0.4, 0.5) is 10.3 Å². The summed E-state index contributed by atoms with van der Waals surface area (Å²) in [5.41, 5.74) is 1.93. The van der Waals surface area contributed by atoms with E-state index in [1.807, 2.05) is 18.2 Å². The fraction of sp³-hybridized carbons (Fsp3) is 0.0741. The number of rotatable bonds is 8. The van der Waals surface area contributed by atoms with E-state index in [9.17, 15) is 14.0 Å². The SMILES string of the molecule is C=CCN(CC(=O)Nc1nc(-c2ccc(Cl)cc2)cn1-c1cccc(Cl)c1)C(=O)c1ccccc1F. The van der Waals surface area contributed by atoms with Crippen LogP contribution in [0.2, 0.25) is 10.0 Å². The normalized spacial score (nSPS) is 10.6. The highest BCUT2D eigenvalue weighted by atomic mass is 35.5. The molecule has 3 aromatic carbocycles.